The number of hydrogen-bond acceptors (Lipinski definition) is 3. The molecule has 5 nitrogen and oxygen atoms in total. The molecule has 0 spiro atoms. The molecule has 4 rings (SSSR count). The monoisotopic (exact) mass is 452 g/mol. The Balaban J connectivity index is 1.52. The molecule has 0 saturated carbocycles. The van der Waals surface area contributed by atoms with E-state index in [-0.39, 0.29) is 22.8 Å². The fourth-order valence-electron chi connectivity index (χ4n) is 4.04. The number of rotatable bonds is 6. The van der Waals surface area contributed by atoms with Gasteiger partial charge in [-0.3, -0.25) is 0 Å². The molecule has 0 heterocycles. The number of carboxylic acids is 2. The molecule has 0 aromatic heterocycles. The molecule has 3 aromatic carbocycles. The predicted octanol–water partition coefficient (Wildman–Crippen LogP) is 6.80. The molecule has 3 aromatic rings. The van der Waals surface area contributed by atoms with Gasteiger partial charge in [0.15, 0.2) is 0 Å². The molecule has 0 saturated heterocycles. The van der Waals surface area contributed by atoms with Crippen molar-refractivity contribution in [3.8, 4) is 11.1 Å². The summed E-state index contributed by atoms with van der Waals surface area (Å²) in [7, 11) is 0. The molecule has 0 fully saturated rings. The number of allylic oxidation sites excluding steroid dienone is 5. The van der Waals surface area contributed by atoms with Crippen LogP contribution in [-0.2, 0) is 0 Å². The Morgan fingerprint density at radius 3 is 1.88 bits per heavy atom. The average Bonchev–Trinajstić information content (AvgIpc) is 2.88. The lowest BCUT2D eigenvalue weighted by molar-refractivity contribution is 0.0686. The summed E-state index contributed by atoms with van der Waals surface area (Å²) >= 11 is 0. The van der Waals surface area contributed by atoms with Crippen LogP contribution >= 0.6 is 0 Å². The minimum atomic E-state index is -1.04. The second kappa shape index (κ2) is 9.63. The Kier molecular flexibility index (Phi) is 6.46. The van der Waals surface area contributed by atoms with Gasteiger partial charge in [-0.15, -0.1) is 0 Å². The zero-order chi connectivity index (χ0) is 24.2. The van der Waals surface area contributed by atoms with E-state index in [1.165, 1.54) is 12.1 Å². The zero-order valence-corrected chi connectivity index (χ0v) is 18.6. The van der Waals surface area contributed by atoms with Crippen LogP contribution in [0.3, 0.4) is 0 Å². The highest BCUT2D eigenvalue weighted by molar-refractivity contribution is 5.91. The summed E-state index contributed by atoms with van der Waals surface area (Å²) < 4.78 is 0. The first kappa shape index (κ1) is 22.8. The third-order valence-corrected chi connectivity index (χ3v) is 5.99. The maximum absolute atomic E-state index is 11.5. The Bertz CT molecular complexity index is 1330. The van der Waals surface area contributed by atoms with E-state index in [1.807, 2.05) is 18.2 Å². The maximum Gasteiger partial charge on any atom is 0.335 e. The van der Waals surface area contributed by atoms with Crippen molar-refractivity contribution in [2.45, 2.75) is 19.3 Å². The van der Waals surface area contributed by atoms with Crippen molar-refractivity contribution in [1.29, 1.82) is 0 Å². The third-order valence-electron chi connectivity index (χ3n) is 5.99. The molecule has 1 unspecified atom stereocenters. The Hall–Kier alpha value is -4.38. The summed E-state index contributed by atoms with van der Waals surface area (Å²) in [5.41, 5.74) is 5.65. The van der Waals surface area contributed by atoms with Crippen molar-refractivity contribution >= 4 is 23.3 Å². The fraction of sp³-hybridized carbons (Fsp3) is 0.103. The van der Waals surface area contributed by atoms with Crippen LogP contribution in [0.4, 0.5) is 0 Å². The van der Waals surface area contributed by atoms with E-state index >= 15 is 0 Å². The van der Waals surface area contributed by atoms with Crippen LogP contribution in [0.5, 0.6) is 0 Å². The highest BCUT2D eigenvalue weighted by Gasteiger charge is 2.15. The van der Waals surface area contributed by atoms with Crippen LogP contribution in [0.1, 0.15) is 56.7 Å². The Labute approximate surface area is 197 Å². The maximum atomic E-state index is 11.5. The average molecular weight is 453 g/mol. The number of aliphatic hydroxyl groups excluding tert-OH is 1. The van der Waals surface area contributed by atoms with Crippen LogP contribution in [-0.4, -0.2) is 27.3 Å². The van der Waals surface area contributed by atoms with Crippen LogP contribution in [0.25, 0.3) is 22.5 Å². The van der Waals surface area contributed by atoms with Crippen LogP contribution in [0, 0.1) is 0 Å². The summed E-state index contributed by atoms with van der Waals surface area (Å²) in [4.78, 5) is 22.6. The van der Waals surface area contributed by atoms with E-state index in [2.05, 4.69) is 24.3 Å². The lowest BCUT2D eigenvalue weighted by atomic mass is 9.87. The Morgan fingerprint density at radius 2 is 1.35 bits per heavy atom. The van der Waals surface area contributed by atoms with Crippen molar-refractivity contribution in [1.82, 2.24) is 0 Å². The van der Waals surface area contributed by atoms with E-state index in [0.717, 1.165) is 34.2 Å². The molecule has 3 N–H and O–H groups in total. The van der Waals surface area contributed by atoms with Gasteiger partial charge in [-0.25, -0.2) is 9.59 Å². The standard InChI is InChI=1S/C29H24O5/c1-2-27(30)25-15-24(16-26(17-25)29(33)34)22-9-7-20(8-10-22)18-3-5-19(6-4-18)21-11-13-23(14-12-21)28(31)32/h2-7,9-17,20,30H,8H2,1H3,(H,31,32)(H,33,34)/b27-2-. The molecule has 1 aliphatic rings. The van der Waals surface area contributed by atoms with Gasteiger partial charge >= 0.3 is 11.9 Å². The van der Waals surface area contributed by atoms with Crippen molar-refractivity contribution in [3.05, 3.63) is 119 Å². The van der Waals surface area contributed by atoms with Crippen LogP contribution < -0.4 is 0 Å². The first-order valence-electron chi connectivity index (χ1n) is 10.9. The normalized spacial score (nSPS) is 15.6. The van der Waals surface area contributed by atoms with Crippen LogP contribution in [0.2, 0.25) is 0 Å². The van der Waals surface area contributed by atoms with Gasteiger partial charge in [-0.05, 0) is 77.6 Å². The number of aromatic carboxylic acids is 2. The molecule has 0 radical (unpaired) electrons. The van der Waals surface area contributed by atoms with Gasteiger partial charge in [0.1, 0.15) is 5.76 Å². The zero-order valence-electron chi connectivity index (χ0n) is 18.6. The molecular weight excluding hydrogens is 428 g/mol. The van der Waals surface area contributed by atoms with Gasteiger partial charge in [-0.1, -0.05) is 54.6 Å². The first-order chi connectivity index (χ1) is 16.4. The van der Waals surface area contributed by atoms with Crippen molar-refractivity contribution in [3.63, 3.8) is 0 Å². The van der Waals surface area contributed by atoms with E-state index < -0.39 is 11.9 Å². The van der Waals surface area contributed by atoms with E-state index in [4.69, 9.17) is 5.11 Å². The second-order valence-corrected chi connectivity index (χ2v) is 8.14. The lowest BCUT2D eigenvalue weighted by Gasteiger charge is -2.18. The Morgan fingerprint density at radius 1 is 0.765 bits per heavy atom. The fourth-order valence-corrected chi connectivity index (χ4v) is 4.04. The molecule has 0 aliphatic heterocycles. The quantitative estimate of drug-likeness (QED) is 0.358. The highest BCUT2D eigenvalue weighted by atomic mass is 16.4. The highest BCUT2D eigenvalue weighted by Crippen LogP contribution is 2.33. The number of aliphatic hydroxyl groups is 1. The van der Waals surface area contributed by atoms with Gasteiger partial charge in [0.25, 0.3) is 0 Å². The molecule has 5 heteroatoms. The summed E-state index contributed by atoms with van der Waals surface area (Å²) in [6, 6.07) is 19.9. The first-order valence-corrected chi connectivity index (χ1v) is 10.9. The molecular formula is C29H24O5. The lowest BCUT2D eigenvalue weighted by Crippen LogP contribution is -2.02. The minimum absolute atomic E-state index is 0.0419. The molecule has 170 valence electrons. The largest absolute Gasteiger partial charge is 0.508 e. The predicted molar refractivity (Wildman–Crippen MR) is 133 cm³/mol. The number of benzene rings is 3. The number of carbonyl (C=O) groups is 2. The summed E-state index contributed by atoms with van der Waals surface area (Å²) in [6.07, 6.45) is 8.48. The van der Waals surface area contributed by atoms with Gasteiger partial charge in [-0.2, -0.15) is 0 Å². The SMILES string of the molecule is C/C=C(\O)c1cc(C(=O)O)cc(C2=CCC(c3ccc(-c4ccc(C(=O)O)cc4)cc3)C=C2)c1. The molecule has 1 atom stereocenters. The second-order valence-electron chi connectivity index (χ2n) is 8.14. The summed E-state index contributed by atoms with van der Waals surface area (Å²) in [5, 5.41) is 28.6. The van der Waals surface area contributed by atoms with Gasteiger partial charge in [0, 0.05) is 11.5 Å². The molecule has 0 bridgehead atoms. The van der Waals surface area contributed by atoms with Crippen molar-refractivity contribution < 1.29 is 24.9 Å². The van der Waals surface area contributed by atoms with Gasteiger partial charge in [0.2, 0.25) is 0 Å². The third kappa shape index (κ3) is 4.84. The van der Waals surface area contributed by atoms with Crippen molar-refractivity contribution in [2.75, 3.05) is 0 Å². The van der Waals surface area contributed by atoms with Gasteiger partial charge < -0.3 is 15.3 Å². The van der Waals surface area contributed by atoms with Crippen LogP contribution in [0.15, 0.2) is 91.0 Å². The van der Waals surface area contributed by atoms with E-state index in [0.29, 0.717) is 5.56 Å². The number of carboxylic acid groups (broad SMARTS) is 2. The molecule has 1 aliphatic carbocycles. The smallest absolute Gasteiger partial charge is 0.335 e. The van der Waals surface area contributed by atoms with E-state index in [1.54, 1.807) is 43.3 Å². The summed E-state index contributed by atoms with van der Waals surface area (Å²) in [6.45, 7) is 1.70. The number of hydrogen-bond donors (Lipinski definition) is 3. The molecule has 34 heavy (non-hydrogen) atoms. The minimum Gasteiger partial charge on any atom is -0.508 e. The van der Waals surface area contributed by atoms with Crippen molar-refractivity contribution in [2.24, 2.45) is 0 Å². The van der Waals surface area contributed by atoms with Gasteiger partial charge in [0.05, 0.1) is 11.1 Å². The molecule has 0 amide bonds. The van der Waals surface area contributed by atoms with E-state index in [9.17, 15) is 19.8 Å². The topological polar surface area (TPSA) is 94.8 Å². The summed E-state index contributed by atoms with van der Waals surface area (Å²) in [5.74, 6) is -1.75.